The number of phenols is 1. The maximum absolute atomic E-state index is 12.8. The van der Waals surface area contributed by atoms with Crippen molar-refractivity contribution in [2.75, 3.05) is 12.4 Å². The normalized spacial score (nSPS) is 11.0. The third-order valence-electron chi connectivity index (χ3n) is 3.83. The van der Waals surface area contributed by atoms with Gasteiger partial charge in [0.05, 0.1) is 11.3 Å². The molecule has 2 N–H and O–H groups in total. The number of rotatable bonds is 4. The lowest BCUT2D eigenvalue weighted by Gasteiger charge is -2.22. The number of aromatic hydroxyl groups is 1. The molecule has 0 bridgehead atoms. The smallest absolute Gasteiger partial charge is 0.256 e. The summed E-state index contributed by atoms with van der Waals surface area (Å²) in [6, 6.07) is 13.8. The molecule has 0 saturated heterocycles. The van der Waals surface area contributed by atoms with Crippen molar-refractivity contribution in [3.05, 3.63) is 59.7 Å². The average Bonchev–Trinajstić information content (AvgIpc) is 2.56. The van der Waals surface area contributed by atoms with E-state index >= 15 is 0 Å². The molecule has 2 rings (SSSR count). The number of carbonyl (C=O) groups is 2. The molecule has 0 radical (unpaired) electrons. The first kappa shape index (κ1) is 18.5. The zero-order valence-electron chi connectivity index (χ0n) is 15.0. The van der Waals surface area contributed by atoms with Gasteiger partial charge in [-0.3, -0.25) is 9.59 Å². The lowest BCUT2D eigenvalue weighted by atomic mass is 9.95. The van der Waals surface area contributed by atoms with E-state index in [9.17, 15) is 14.7 Å². The Balaban J connectivity index is 2.22. The highest BCUT2D eigenvalue weighted by atomic mass is 16.3. The standard InChI is InChI=1S/C20H24N2O3/c1-20(2,3)19(25)21-16-11-7-6-10-15(16)18(24)22(4)13-14-9-5-8-12-17(14)23/h5-12,23H,13H2,1-4H3,(H,21,25). The van der Waals surface area contributed by atoms with Crippen molar-refractivity contribution in [3.63, 3.8) is 0 Å². The van der Waals surface area contributed by atoms with Gasteiger partial charge in [-0.15, -0.1) is 0 Å². The molecule has 0 atom stereocenters. The Morgan fingerprint density at radius 3 is 2.28 bits per heavy atom. The van der Waals surface area contributed by atoms with E-state index in [0.717, 1.165) is 0 Å². The molecule has 5 nitrogen and oxygen atoms in total. The van der Waals surface area contributed by atoms with Gasteiger partial charge in [0.25, 0.3) is 5.91 Å². The van der Waals surface area contributed by atoms with Gasteiger partial charge in [-0.1, -0.05) is 51.1 Å². The fraction of sp³-hybridized carbons (Fsp3) is 0.300. The number of benzene rings is 2. The highest BCUT2D eigenvalue weighted by Gasteiger charge is 2.24. The third kappa shape index (κ3) is 4.59. The zero-order valence-corrected chi connectivity index (χ0v) is 15.0. The minimum absolute atomic E-state index is 0.150. The summed E-state index contributed by atoms with van der Waals surface area (Å²) in [7, 11) is 1.66. The maximum atomic E-state index is 12.8. The number of amides is 2. The first-order valence-electron chi connectivity index (χ1n) is 8.13. The predicted octanol–water partition coefficient (Wildman–Crippen LogP) is 3.65. The molecule has 0 heterocycles. The van der Waals surface area contributed by atoms with E-state index in [0.29, 0.717) is 16.8 Å². The fourth-order valence-corrected chi connectivity index (χ4v) is 2.27. The molecule has 0 aliphatic heterocycles. The third-order valence-corrected chi connectivity index (χ3v) is 3.83. The zero-order chi connectivity index (χ0) is 18.6. The number of phenolic OH excluding ortho intramolecular Hbond substituents is 1. The van der Waals surface area contributed by atoms with Crippen molar-refractivity contribution in [3.8, 4) is 5.75 Å². The van der Waals surface area contributed by atoms with Crippen LogP contribution in [-0.2, 0) is 11.3 Å². The van der Waals surface area contributed by atoms with E-state index in [1.165, 1.54) is 4.90 Å². The molecule has 2 amide bonds. The second kappa shape index (κ2) is 7.38. The molecule has 0 saturated carbocycles. The van der Waals surface area contributed by atoms with Crippen LogP contribution >= 0.6 is 0 Å². The maximum Gasteiger partial charge on any atom is 0.256 e. The van der Waals surface area contributed by atoms with Gasteiger partial charge in [-0.2, -0.15) is 0 Å². The van der Waals surface area contributed by atoms with Crippen LogP contribution < -0.4 is 5.32 Å². The van der Waals surface area contributed by atoms with Crippen molar-refractivity contribution in [1.82, 2.24) is 4.90 Å². The Morgan fingerprint density at radius 2 is 1.64 bits per heavy atom. The predicted molar refractivity (Wildman–Crippen MR) is 98.4 cm³/mol. The van der Waals surface area contributed by atoms with Gasteiger partial charge < -0.3 is 15.3 Å². The summed E-state index contributed by atoms with van der Waals surface area (Å²) in [5.74, 6) is -0.236. The quantitative estimate of drug-likeness (QED) is 0.892. The van der Waals surface area contributed by atoms with E-state index in [4.69, 9.17) is 0 Å². The minimum Gasteiger partial charge on any atom is -0.508 e. The Bertz CT molecular complexity index is 779. The number of nitrogens with zero attached hydrogens (tertiary/aromatic N) is 1. The molecule has 0 aromatic heterocycles. The van der Waals surface area contributed by atoms with E-state index in [1.54, 1.807) is 49.5 Å². The van der Waals surface area contributed by atoms with Gasteiger partial charge in [-0.25, -0.2) is 0 Å². The Kier molecular flexibility index (Phi) is 5.47. The number of carbonyl (C=O) groups excluding carboxylic acids is 2. The van der Waals surface area contributed by atoms with E-state index in [1.807, 2.05) is 26.8 Å². The van der Waals surface area contributed by atoms with Crippen LogP contribution in [0.3, 0.4) is 0 Å². The molecule has 0 spiro atoms. The summed E-state index contributed by atoms with van der Waals surface area (Å²) in [6.45, 7) is 5.72. The molecule has 0 unspecified atom stereocenters. The summed E-state index contributed by atoms with van der Waals surface area (Å²) in [4.78, 5) is 26.6. The van der Waals surface area contributed by atoms with Crippen LogP contribution in [0.1, 0.15) is 36.7 Å². The molecular formula is C20H24N2O3. The van der Waals surface area contributed by atoms with E-state index in [-0.39, 0.29) is 24.1 Å². The minimum atomic E-state index is -0.558. The molecule has 5 heteroatoms. The Labute approximate surface area is 148 Å². The summed E-state index contributed by atoms with van der Waals surface area (Å²) in [5, 5.41) is 12.7. The molecule has 0 aliphatic rings. The van der Waals surface area contributed by atoms with Gasteiger partial charge in [0.15, 0.2) is 0 Å². The van der Waals surface area contributed by atoms with Crippen LogP contribution in [0.2, 0.25) is 0 Å². The van der Waals surface area contributed by atoms with Gasteiger partial charge in [0, 0.05) is 24.6 Å². The first-order chi connectivity index (χ1) is 11.7. The highest BCUT2D eigenvalue weighted by molar-refractivity contribution is 6.04. The summed E-state index contributed by atoms with van der Waals surface area (Å²) < 4.78 is 0. The largest absolute Gasteiger partial charge is 0.508 e. The van der Waals surface area contributed by atoms with Crippen LogP contribution in [0.25, 0.3) is 0 Å². The molecule has 0 aliphatic carbocycles. The van der Waals surface area contributed by atoms with Crippen molar-refractivity contribution in [2.45, 2.75) is 27.3 Å². The van der Waals surface area contributed by atoms with Gasteiger partial charge in [0.2, 0.25) is 5.91 Å². The van der Waals surface area contributed by atoms with Gasteiger partial charge in [0.1, 0.15) is 5.75 Å². The molecule has 2 aromatic rings. The second-order valence-corrected chi connectivity index (χ2v) is 7.04. The van der Waals surface area contributed by atoms with Crippen molar-refractivity contribution < 1.29 is 14.7 Å². The van der Waals surface area contributed by atoms with Crippen molar-refractivity contribution in [1.29, 1.82) is 0 Å². The molecule has 2 aromatic carbocycles. The first-order valence-corrected chi connectivity index (χ1v) is 8.13. The van der Waals surface area contributed by atoms with Crippen LogP contribution in [-0.4, -0.2) is 28.9 Å². The number of anilines is 1. The van der Waals surface area contributed by atoms with Gasteiger partial charge >= 0.3 is 0 Å². The highest BCUT2D eigenvalue weighted by Crippen LogP contribution is 2.23. The van der Waals surface area contributed by atoms with Crippen molar-refractivity contribution >= 4 is 17.5 Å². The SMILES string of the molecule is CN(Cc1ccccc1O)C(=O)c1ccccc1NC(=O)C(C)(C)C. The van der Waals surface area contributed by atoms with Crippen LogP contribution in [0.5, 0.6) is 5.75 Å². The number of nitrogens with one attached hydrogen (secondary N) is 1. The average molecular weight is 340 g/mol. The lowest BCUT2D eigenvalue weighted by molar-refractivity contribution is -0.123. The topological polar surface area (TPSA) is 69.6 Å². The summed E-state index contributed by atoms with van der Waals surface area (Å²) >= 11 is 0. The molecule has 25 heavy (non-hydrogen) atoms. The van der Waals surface area contributed by atoms with Crippen LogP contribution in [0, 0.1) is 5.41 Å². The second-order valence-electron chi connectivity index (χ2n) is 7.04. The Hall–Kier alpha value is -2.82. The molecule has 132 valence electrons. The lowest BCUT2D eigenvalue weighted by Crippen LogP contribution is -2.30. The fourth-order valence-electron chi connectivity index (χ4n) is 2.27. The van der Waals surface area contributed by atoms with Crippen molar-refractivity contribution in [2.24, 2.45) is 5.41 Å². The van der Waals surface area contributed by atoms with Crippen LogP contribution in [0.4, 0.5) is 5.69 Å². The number of para-hydroxylation sites is 2. The van der Waals surface area contributed by atoms with Crippen LogP contribution in [0.15, 0.2) is 48.5 Å². The summed E-state index contributed by atoms with van der Waals surface area (Å²) in [6.07, 6.45) is 0. The summed E-state index contributed by atoms with van der Waals surface area (Å²) in [5.41, 5.74) is 1.00. The number of hydrogen-bond acceptors (Lipinski definition) is 3. The van der Waals surface area contributed by atoms with Gasteiger partial charge in [-0.05, 0) is 18.2 Å². The monoisotopic (exact) mass is 340 g/mol. The number of hydrogen-bond donors (Lipinski definition) is 2. The van der Waals surface area contributed by atoms with E-state index < -0.39 is 5.41 Å². The van der Waals surface area contributed by atoms with E-state index in [2.05, 4.69) is 5.32 Å². The molecule has 0 fully saturated rings. The Morgan fingerprint density at radius 1 is 1.04 bits per heavy atom. The molecular weight excluding hydrogens is 316 g/mol.